The van der Waals surface area contributed by atoms with Gasteiger partial charge in [-0.05, 0) is 56.2 Å². The number of halogens is 1. The van der Waals surface area contributed by atoms with Gasteiger partial charge in [0, 0.05) is 16.9 Å². The van der Waals surface area contributed by atoms with Crippen molar-refractivity contribution in [3.8, 4) is 0 Å². The third kappa shape index (κ3) is 5.44. The topological polar surface area (TPSA) is 94.5 Å². The zero-order valence-electron chi connectivity index (χ0n) is 17.1. The predicted molar refractivity (Wildman–Crippen MR) is 114 cm³/mol. The smallest absolute Gasteiger partial charge is 0.265 e. The highest BCUT2D eigenvalue weighted by Crippen LogP contribution is 2.13. The van der Waals surface area contributed by atoms with Crippen molar-refractivity contribution in [1.82, 2.24) is 9.78 Å². The predicted octanol–water partition coefficient (Wildman–Crippen LogP) is 3.27. The van der Waals surface area contributed by atoms with Gasteiger partial charge in [0.25, 0.3) is 5.91 Å². The van der Waals surface area contributed by atoms with E-state index in [-0.39, 0.29) is 12.4 Å². The Bertz CT molecular complexity index is 1090. The van der Waals surface area contributed by atoms with E-state index >= 15 is 0 Å². The summed E-state index contributed by atoms with van der Waals surface area (Å²) in [5.74, 6) is -0.705. The molecule has 0 spiro atoms. The van der Waals surface area contributed by atoms with Crippen molar-refractivity contribution < 1.29 is 14.0 Å². The number of nitrogens with zero attached hydrogens (tertiary/aromatic N) is 3. The van der Waals surface area contributed by atoms with E-state index < -0.39 is 11.7 Å². The second kappa shape index (κ2) is 9.21. The molecule has 3 aromatic rings. The van der Waals surface area contributed by atoms with E-state index in [0.717, 1.165) is 17.0 Å². The first-order chi connectivity index (χ1) is 14.3. The fraction of sp³-hybridized carbons (Fsp3) is 0.227. The van der Waals surface area contributed by atoms with Crippen LogP contribution in [0.25, 0.3) is 0 Å². The molecule has 1 heterocycles. The van der Waals surface area contributed by atoms with Crippen LogP contribution in [0.15, 0.2) is 53.7 Å². The number of anilines is 1. The fourth-order valence-electron chi connectivity index (χ4n) is 2.92. The van der Waals surface area contributed by atoms with Gasteiger partial charge in [-0.25, -0.2) is 4.39 Å². The van der Waals surface area contributed by atoms with Crippen molar-refractivity contribution in [3.63, 3.8) is 0 Å². The van der Waals surface area contributed by atoms with E-state index in [0.29, 0.717) is 23.4 Å². The molecule has 3 N–H and O–H groups in total. The second-order valence-electron chi connectivity index (χ2n) is 7.05. The highest BCUT2D eigenvalue weighted by molar-refractivity contribution is 5.97. The van der Waals surface area contributed by atoms with Crippen molar-refractivity contribution in [3.05, 3.63) is 82.4 Å². The lowest BCUT2D eigenvalue weighted by Crippen LogP contribution is -2.19. The number of amidine groups is 1. The van der Waals surface area contributed by atoms with E-state index in [1.807, 2.05) is 48.9 Å². The van der Waals surface area contributed by atoms with Gasteiger partial charge in [0.2, 0.25) is 0 Å². The monoisotopic (exact) mass is 409 g/mol. The standard InChI is InChI=1S/C22H24FN5O2/c1-14-7-8-19(11-20(14)23)25-21(29)13-30-27-22(24)18-6-4-5-17(10-18)12-28-16(3)9-15(2)26-28/h4-11H,12-13H2,1-3H3,(H2,24,27)(H,25,29). The molecular weight excluding hydrogens is 385 g/mol. The molecule has 0 saturated carbocycles. The van der Waals surface area contributed by atoms with Crippen molar-refractivity contribution in [2.45, 2.75) is 27.3 Å². The number of nitrogens with one attached hydrogen (secondary N) is 1. The first-order valence-corrected chi connectivity index (χ1v) is 9.43. The Morgan fingerprint density at radius 2 is 2.00 bits per heavy atom. The molecule has 156 valence electrons. The summed E-state index contributed by atoms with van der Waals surface area (Å²) in [6, 6.07) is 14.0. The van der Waals surface area contributed by atoms with E-state index in [1.165, 1.54) is 6.07 Å². The molecule has 7 nitrogen and oxygen atoms in total. The van der Waals surface area contributed by atoms with E-state index in [9.17, 15) is 9.18 Å². The van der Waals surface area contributed by atoms with Gasteiger partial charge in [0.15, 0.2) is 12.4 Å². The quantitative estimate of drug-likeness (QED) is 0.356. The average molecular weight is 409 g/mol. The minimum absolute atomic E-state index is 0.152. The number of aryl methyl sites for hydroxylation is 3. The van der Waals surface area contributed by atoms with E-state index in [4.69, 9.17) is 10.6 Å². The van der Waals surface area contributed by atoms with Crippen LogP contribution < -0.4 is 11.1 Å². The van der Waals surface area contributed by atoms with Crippen LogP contribution in [-0.4, -0.2) is 28.1 Å². The maximum absolute atomic E-state index is 13.5. The van der Waals surface area contributed by atoms with E-state index in [1.54, 1.807) is 19.1 Å². The molecule has 0 radical (unpaired) electrons. The molecular formula is C22H24FN5O2. The molecule has 0 aliphatic rings. The lowest BCUT2D eigenvalue weighted by molar-refractivity contribution is -0.120. The number of hydrogen-bond acceptors (Lipinski definition) is 4. The number of hydrogen-bond donors (Lipinski definition) is 2. The van der Waals surface area contributed by atoms with Gasteiger partial charge in [0.05, 0.1) is 12.2 Å². The summed E-state index contributed by atoms with van der Waals surface area (Å²) in [5, 5.41) is 10.8. The first-order valence-electron chi connectivity index (χ1n) is 9.43. The summed E-state index contributed by atoms with van der Waals surface area (Å²) in [7, 11) is 0. The van der Waals surface area contributed by atoms with Crippen LogP contribution in [0.3, 0.4) is 0 Å². The fourth-order valence-corrected chi connectivity index (χ4v) is 2.92. The number of carbonyl (C=O) groups excluding carboxylic acids is 1. The number of nitrogens with two attached hydrogens (primary N) is 1. The summed E-state index contributed by atoms with van der Waals surface area (Å²) < 4.78 is 15.5. The van der Waals surface area contributed by atoms with Crippen LogP contribution in [0.4, 0.5) is 10.1 Å². The molecule has 30 heavy (non-hydrogen) atoms. The van der Waals surface area contributed by atoms with Crippen LogP contribution in [0.1, 0.15) is 28.1 Å². The van der Waals surface area contributed by atoms with E-state index in [2.05, 4.69) is 15.6 Å². The third-order valence-corrected chi connectivity index (χ3v) is 4.47. The molecule has 3 rings (SSSR count). The Balaban J connectivity index is 1.58. The van der Waals surface area contributed by atoms with Crippen molar-refractivity contribution >= 4 is 17.4 Å². The van der Waals surface area contributed by atoms with Crippen LogP contribution in [0, 0.1) is 26.6 Å². The molecule has 8 heteroatoms. The number of aromatic nitrogens is 2. The Hall–Kier alpha value is -3.68. The van der Waals surface area contributed by atoms with Crippen molar-refractivity contribution in [2.24, 2.45) is 10.9 Å². The SMILES string of the molecule is Cc1cc(C)n(Cc2cccc(/C(N)=N/OCC(=O)Nc3ccc(C)c(F)c3)c2)n1. The summed E-state index contributed by atoms with van der Waals surface area (Å²) in [4.78, 5) is 17.0. The summed E-state index contributed by atoms with van der Waals surface area (Å²) in [6.07, 6.45) is 0. The molecule has 0 unspecified atom stereocenters. The Labute approximate surface area is 174 Å². The summed E-state index contributed by atoms with van der Waals surface area (Å²) in [6.45, 7) is 5.86. The van der Waals surface area contributed by atoms with Crippen LogP contribution in [0.5, 0.6) is 0 Å². The van der Waals surface area contributed by atoms with Crippen molar-refractivity contribution in [1.29, 1.82) is 0 Å². The lowest BCUT2D eigenvalue weighted by atomic mass is 10.1. The van der Waals surface area contributed by atoms with Gasteiger partial charge < -0.3 is 15.9 Å². The first kappa shape index (κ1) is 21.0. The zero-order chi connectivity index (χ0) is 21.7. The van der Waals surface area contributed by atoms with Gasteiger partial charge in [-0.2, -0.15) is 5.10 Å². The average Bonchev–Trinajstić information content (AvgIpc) is 3.01. The third-order valence-electron chi connectivity index (χ3n) is 4.47. The highest BCUT2D eigenvalue weighted by atomic mass is 19.1. The number of oxime groups is 1. The van der Waals surface area contributed by atoms with Gasteiger partial charge in [-0.15, -0.1) is 0 Å². The summed E-state index contributed by atoms with van der Waals surface area (Å²) >= 11 is 0. The molecule has 1 amide bonds. The zero-order valence-corrected chi connectivity index (χ0v) is 17.1. The molecule has 2 aromatic carbocycles. The maximum atomic E-state index is 13.5. The van der Waals surface area contributed by atoms with Crippen LogP contribution >= 0.6 is 0 Å². The number of rotatable bonds is 7. The summed E-state index contributed by atoms with van der Waals surface area (Å²) in [5.41, 5.74) is 10.6. The number of benzene rings is 2. The highest BCUT2D eigenvalue weighted by Gasteiger charge is 2.07. The van der Waals surface area contributed by atoms with Crippen molar-refractivity contribution in [2.75, 3.05) is 11.9 Å². The van der Waals surface area contributed by atoms with Crippen LogP contribution in [0.2, 0.25) is 0 Å². The largest absolute Gasteiger partial charge is 0.384 e. The minimum atomic E-state index is -0.465. The molecule has 0 aliphatic carbocycles. The number of amides is 1. The Morgan fingerprint density at radius 1 is 1.20 bits per heavy atom. The molecule has 0 bridgehead atoms. The molecule has 0 fully saturated rings. The van der Waals surface area contributed by atoms with Gasteiger partial charge >= 0.3 is 0 Å². The van der Waals surface area contributed by atoms with Gasteiger partial charge in [-0.1, -0.05) is 29.4 Å². The molecule has 1 aromatic heterocycles. The Morgan fingerprint density at radius 3 is 2.70 bits per heavy atom. The lowest BCUT2D eigenvalue weighted by Gasteiger charge is -2.08. The molecule has 0 saturated heterocycles. The normalized spacial score (nSPS) is 11.4. The molecule has 0 aliphatic heterocycles. The second-order valence-corrected chi connectivity index (χ2v) is 7.05. The van der Waals surface area contributed by atoms with Crippen LogP contribution in [-0.2, 0) is 16.2 Å². The Kier molecular flexibility index (Phi) is 6.46. The minimum Gasteiger partial charge on any atom is -0.384 e. The molecule has 0 atom stereocenters. The maximum Gasteiger partial charge on any atom is 0.265 e. The van der Waals surface area contributed by atoms with Gasteiger partial charge in [0.1, 0.15) is 5.82 Å². The number of carbonyl (C=O) groups is 1. The van der Waals surface area contributed by atoms with Gasteiger partial charge in [-0.3, -0.25) is 9.48 Å².